The summed E-state index contributed by atoms with van der Waals surface area (Å²) in [7, 11) is 5.57. The lowest BCUT2D eigenvalue weighted by molar-refractivity contribution is -0.134. The van der Waals surface area contributed by atoms with Crippen LogP contribution < -0.4 is 16.0 Å². The molecular formula is C27H35ClN6O3S. The molecular weight excluding hydrogens is 524 g/mol. The number of halogens is 1. The lowest BCUT2D eigenvalue weighted by atomic mass is 9.81. The Hall–Kier alpha value is -2.69. The number of fused-ring (bicyclic) bond motifs is 2. The number of nitrogens with one attached hydrogen (secondary N) is 3. The van der Waals surface area contributed by atoms with E-state index < -0.39 is 0 Å². The van der Waals surface area contributed by atoms with E-state index in [0.717, 1.165) is 47.8 Å². The molecule has 3 aliphatic rings. The molecule has 2 aromatic rings. The molecule has 1 aromatic heterocycles. The summed E-state index contributed by atoms with van der Waals surface area (Å²) >= 11 is 7.55. The minimum atomic E-state index is -0.371. The smallest absolute Gasteiger partial charge is 0.280 e. The summed E-state index contributed by atoms with van der Waals surface area (Å²) in [6, 6.07) is 4.64. The molecule has 38 heavy (non-hydrogen) atoms. The van der Waals surface area contributed by atoms with Crippen molar-refractivity contribution < 1.29 is 14.4 Å². The van der Waals surface area contributed by atoms with Gasteiger partial charge >= 0.3 is 0 Å². The minimum Gasteiger partial charge on any atom is -0.373 e. The van der Waals surface area contributed by atoms with Gasteiger partial charge in [0.05, 0.1) is 11.7 Å². The summed E-state index contributed by atoms with van der Waals surface area (Å²) in [5.74, 6) is -0.493. The van der Waals surface area contributed by atoms with Gasteiger partial charge in [-0.3, -0.25) is 14.4 Å². The Morgan fingerprint density at radius 1 is 1.13 bits per heavy atom. The second-order valence-electron chi connectivity index (χ2n) is 10.9. The van der Waals surface area contributed by atoms with Crippen LogP contribution in [0.3, 0.4) is 0 Å². The summed E-state index contributed by atoms with van der Waals surface area (Å²) in [5, 5.41) is 10.8. The first-order valence-electron chi connectivity index (χ1n) is 13.2. The molecule has 9 nitrogen and oxygen atoms in total. The maximum Gasteiger partial charge on any atom is 0.280 e. The molecule has 0 saturated heterocycles. The van der Waals surface area contributed by atoms with Crippen molar-refractivity contribution in [2.75, 3.05) is 33.0 Å². The van der Waals surface area contributed by atoms with Crippen molar-refractivity contribution in [3.8, 4) is 0 Å². The van der Waals surface area contributed by atoms with Crippen molar-refractivity contribution in [2.24, 2.45) is 5.92 Å². The number of likely N-dealkylation sites (N-methyl/N-ethyl adjacent to an activating group) is 1. The average Bonchev–Trinajstić information content (AvgIpc) is 3.32. The molecule has 0 radical (unpaired) electrons. The lowest BCUT2D eigenvalue weighted by Gasteiger charge is -2.38. The third kappa shape index (κ3) is 5.82. The first-order valence-corrected chi connectivity index (χ1v) is 14.4. The van der Waals surface area contributed by atoms with E-state index in [-0.39, 0.29) is 41.8 Å². The molecule has 0 spiro atoms. The van der Waals surface area contributed by atoms with Crippen LogP contribution in [0, 0.1) is 5.92 Å². The molecule has 4 atom stereocenters. The molecule has 3 amide bonds. The molecule has 1 aliphatic carbocycles. The fourth-order valence-corrected chi connectivity index (χ4v) is 6.98. The highest BCUT2D eigenvalue weighted by atomic mass is 35.5. The molecule has 3 N–H and O–H groups in total. The monoisotopic (exact) mass is 558 g/mol. The van der Waals surface area contributed by atoms with Gasteiger partial charge in [0.15, 0.2) is 5.01 Å². The average molecular weight is 559 g/mol. The summed E-state index contributed by atoms with van der Waals surface area (Å²) in [4.78, 5) is 49.0. The van der Waals surface area contributed by atoms with Crippen molar-refractivity contribution in [2.45, 2.75) is 63.2 Å². The number of amides is 3. The fraction of sp³-hybridized carbons (Fsp3) is 0.556. The van der Waals surface area contributed by atoms with Crippen molar-refractivity contribution in [3.05, 3.63) is 44.4 Å². The van der Waals surface area contributed by atoms with E-state index in [1.54, 1.807) is 19.0 Å². The Kier molecular flexibility index (Phi) is 7.93. The van der Waals surface area contributed by atoms with Crippen molar-refractivity contribution >= 4 is 46.3 Å². The number of anilines is 1. The van der Waals surface area contributed by atoms with E-state index >= 15 is 0 Å². The lowest BCUT2D eigenvalue weighted by Crippen LogP contribution is -2.58. The van der Waals surface area contributed by atoms with Gasteiger partial charge in [-0.2, -0.15) is 0 Å². The second-order valence-corrected chi connectivity index (χ2v) is 12.4. The van der Waals surface area contributed by atoms with Gasteiger partial charge in [-0.15, -0.1) is 11.3 Å². The van der Waals surface area contributed by atoms with Crippen LogP contribution in [0.5, 0.6) is 0 Å². The third-order valence-electron chi connectivity index (χ3n) is 7.82. The van der Waals surface area contributed by atoms with Crippen molar-refractivity contribution in [3.63, 3.8) is 0 Å². The van der Waals surface area contributed by atoms with Crippen molar-refractivity contribution in [1.82, 2.24) is 25.4 Å². The van der Waals surface area contributed by atoms with Gasteiger partial charge in [0.25, 0.3) is 5.91 Å². The second kappa shape index (κ2) is 11.2. The number of hydrogen-bond donors (Lipinski definition) is 3. The highest BCUT2D eigenvalue weighted by Gasteiger charge is 2.38. The largest absolute Gasteiger partial charge is 0.373 e. The topological polar surface area (TPSA) is 107 Å². The van der Waals surface area contributed by atoms with Gasteiger partial charge in [0.1, 0.15) is 6.04 Å². The highest BCUT2D eigenvalue weighted by molar-refractivity contribution is 7.13. The van der Waals surface area contributed by atoms with Gasteiger partial charge in [-0.05, 0) is 62.9 Å². The van der Waals surface area contributed by atoms with E-state index in [1.807, 2.05) is 18.2 Å². The molecule has 2 aliphatic heterocycles. The highest BCUT2D eigenvalue weighted by Crippen LogP contribution is 2.30. The molecule has 1 aromatic carbocycles. The van der Waals surface area contributed by atoms with Crippen LogP contribution in [-0.4, -0.2) is 78.3 Å². The zero-order valence-corrected chi connectivity index (χ0v) is 23.6. The summed E-state index contributed by atoms with van der Waals surface area (Å²) < 4.78 is 0. The third-order valence-corrected chi connectivity index (χ3v) is 9.13. The van der Waals surface area contributed by atoms with Crippen LogP contribution in [-0.2, 0) is 29.0 Å². The summed E-state index contributed by atoms with van der Waals surface area (Å²) in [6.45, 7) is 1.72. The number of carbonyl (C=O) groups excluding carboxylic acids is 3. The Labute approximate surface area is 232 Å². The van der Waals surface area contributed by atoms with E-state index in [1.165, 1.54) is 11.3 Å². The van der Waals surface area contributed by atoms with Gasteiger partial charge in [-0.25, -0.2) is 4.98 Å². The van der Waals surface area contributed by atoms with E-state index in [9.17, 15) is 14.4 Å². The van der Waals surface area contributed by atoms with Crippen LogP contribution in [0.25, 0.3) is 0 Å². The van der Waals surface area contributed by atoms with E-state index in [2.05, 4.69) is 32.9 Å². The van der Waals surface area contributed by atoms with Gasteiger partial charge in [0, 0.05) is 61.2 Å². The SMILES string of the molecule is CN1CCc2nc(C(=O)N[C@H]3C[C@@H](C(=O)N(C)C)CC[C@@H]3NC(=O)C3CCc4cc(Cl)ccc4N3)sc2C1. The van der Waals surface area contributed by atoms with Crippen LogP contribution >= 0.6 is 22.9 Å². The molecule has 11 heteroatoms. The zero-order valence-electron chi connectivity index (χ0n) is 22.1. The Balaban J connectivity index is 1.29. The normalized spacial score (nSPS) is 24.9. The quantitative estimate of drug-likeness (QED) is 0.521. The molecule has 1 unspecified atom stereocenters. The zero-order chi connectivity index (χ0) is 27.0. The molecule has 0 bridgehead atoms. The molecule has 1 fully saturated rings. The number of carbonyl (C=O) groups is 3. The molecule has 5 rings (SSSR count). The van der Waals surface area contributed by atoms with Crippen LogP contribution in [0.4, 0.5) is 5.69 Å². The number of aryl methyl sites for hydroxylation is 1. The van der Waals surface area contributed by atoms with Crippen LogP contribution in [0.15, 0.2) is 18.2 Å². The standard InChI is InChI=1S/C27H35ClN6O3S/c1-33(2)27(37)16-5-7-19(30-24(35)21-8-4-15-12-17(28)6-9-18(15)29-21)22(13-16)31-25(36)26-32-20-10-11-34(3)14-23(20)38-26/h6,9,12,16,19,21-22,29H,4-5,7-8,10-11,13-14H2,1-3H3,(H,30,35)(H,31,36)/t16-,19-,21?,22-/m0/s1. The number of hydrogen-bond acceptors (Lipinski definition) is 7. The predicted octanol–water partition coefficient (Wildman–Crippen LogP) is 2.68. The Morgan fingerprint density at radius 3 is 2.74 bits per heavy atom. The number of thiazole rings is 1. The predicted molar refractivity (Wildman–Crippen MR) is 149 cm³/mol. The number of aromatic nitrogens is 1. The summed E-state index contributed by atoms with van der Waals surface area (Å²) in [5.41, 5.74) is 3.02. The number of benzene rings is 1. The molecule has 1 saturated carbocycles. The van der Waals surface area contributed by atoms with Gasteiger partial charge in [0.2, 0.25) is 11.8 Å². The fourth-order valence-electron chi connectivity index (χ4n) is 5.69. The summed E-state index contributed by atoms with van der Waals surface area (Å²) in [6.07, 6.45) is 3.99. The van der Waals surface area contributed by atoms with Crippen molar-refractivity contribution in [1.29, 1.82) is 0 Å². The Morgan fingerprint density at radius 2 is 1.95 bits per heavy atom. The molecule has 3 heterocycles. The first-order chi connectivity index (χ1) is 18.2. The maximum atomic E-state index is 13.3. The van der Waals surface area contributed by atoms with Gasteiger partial charge < -0.3 is 25.8 Å². The maximum absolute atomic E-state index is 13.3. The minimum absolute atomic E-state index is 0.0472. The van der Waals surface area contributed by atoms with E-state index in [0.29, 0.717) is 35.7 Å². The van der Waals surface area contributed by atoms with Gasteiger partial charge in [-0.1, -0.05) is 11.6 Å². The first kappa shape index (κ1) is 26.9. The van der Waals surface area contributed by atoms with Crippen LogP contribution in [0.1, 0.15) is 51.6 Å². The number of rotatable bonds is 5. The van der Waals surface area contributed by atoms with E-state index in [4.69, 9.17) is 11.6 Å². The Bertz CT molecular complexity index is 1230. The molecule has 204 valence electrons. The number of nitrogens with zero attached hydrogens (tertiary/aromatic N) is 3. The van der Waals surface area contributed by atoms with Crippen LogP contribution in [0.2, 0.25) is 5.02 Å².